The van der Waals surface area contributed by atoms with Crippen LogP contribution in [0.5, 0.6) is 5.75 Å². The fraction of sp³-hybridized carbons (Fsp3) is 0.562. The van der Waals surface area contributed by atoms with Crippen LogP contribution in [-0.2, 0) is 0 Å². The largest absolute Gasteiger partial charge is 0.507 e. The van der Waals surface area contributed by atoms with Gasteiger partial charge < -0.3 is 15.7 Å². The summed E-state index contributed by atoms with van der Waals surface area (Å²) in [4.78, 5) is 12.2. The minimum atomic E-state index is -0.190. The molecule has 21 heavy (non-hydrogen) atoms. The molecule has 1 aliphatic rings. The number of carbonyl (C=O) groups is 1. The van der Waals surface area contributed by atoms with E-state index in [9.17, 15) is 9.90 Å². The van der Waals surface area contributed by atoms with Gasteiger partial charge in [-0.05, 0) is 56.8 Å². The third kappa shape index (κ3) is 4.71. The molecule has 0 atom stereocenters. The van der Waals surface area contributed by atoms with Crippen molar-refractivity contribution in [2.75, 3.05) is 6.54 Å². The first-order valence-corrected chi connectivity index (χ1v) is 8.42. The Balaban J connectivity index is 1.84. The molecule has 116 valence electrons. The van der Waals surface area contributed by atoms with Gasteiger partial charge in [0.25, 0.3) is 5.91 Å². The van der Waals surface area contributed by atoms with E-state index in [1.807, 2.05) is 0 Å². The molecule has 2 rings (SSSR count). The van der Waals surface area contributed by atoms with Crippen molar-refractivity contribution in [1.29, 1.82) is 0 Å². The van der Waals surface area contributed by atoms with Crippen LogP contribution in [0.2, 0.25) is 0 Å². The molecule has 0 aromatic heterocycles. The Morgan fingerprint density at radius 2 is 1.95 bits per heavy atom. The third-order valence-corrected chi connectivity index (χ3v) is 4.44. The van der Waals surface area contributed by atoms with Crippen molar-refractivity contribution in [1.82, 2.24) is 10.6 Å². The summed E-state index contributed by atoms with van der Waals surface area (Å²) in [5.41, 5.74) is 0.337. The Labute approximate surface area is 134 Å². The Morgan fingerprint density at radius 3 is 2.57 bits per heavy atom. The van der Waals surface area contributed by atoms with E-state index in [2.05, 4.69) is 33.5 Å². The second-order valence-corrected chi connectivity index (χ2v) is 6.55. The van der Waals surface area contributed by atoms with Crippen LogP contribution in [0.4, 0.5) is 0 Å². The van der Waals surface area contributed by atoms with E-state index in [-0.39, 0.29) is 17.7 Å². The lowest BCUT2D eigenvalue weighted by molar-refractivity contribution is 0.0921. The second kappa shape index (κ2) is 7.80. The van der Waals surface area contributed by atoms with E-state index in [1.54, 1.807) is 18.2 Å². The van der Waals surface area contributed by atoms with Crippen LogP contribution in [0.3, 0.4) is 0 Å². The molecule has 1 aromatic rings. The molecule has 5 heteroatoms. The first-order chi connectivity index (χ1) is 10.1. The van der Waals surface area contributed by atoms with Gasteiger partial charge in [0.05, 0.1) is 5.56 Å². The molecular formula is C16H23BrN2O2. The van der Waals surface area contributed by atoms with Gasteiger partial charge in [0.2, 0.25) is 0 Å². The molecule has 0 radical (unpaired) electrons. The lowest BCUT2D eigenvalue weighted by Crippen LogP contribution is -2.42. The van der Waals surface area contributed by atoms with E-state index in [0.29, 0.717) is 11.6 Å². The first kappa shape index (κ1) is 16.3. The highest BCUT2D eigenvalue weighted by Crippen LogP contribution is 2.24. The van der Waals surface area contributed by atoms with Crippen LogP contribution in [0.25, 0.3) is 0 Å². The Hall–Kier alpha value is -1.07. The van der Waals surface area contributed by atoms with E-state index in [1.165, 1.54) is 0 Å². The number of amides is 1. The van der Waals surface area contributed by atoms with E-state index in [0.717, 1.165) is 43.1 Å². The molecule has 0 spiro atoms. The maximum Gasteiger partial charge on any atom is 0.255 e. The summed E-state index contributed by atoms with van der Waals surface area (Å²) >= 11 is 3.27. The van der Waals surface area contributed by atoms with Crippen LogP contribution < -0.4 is 10.6 Å². The normalized spacial score (nSPS) is 22.0. The van der Waals surface area contributed by atoms with Crippen molar-refractivity contribution in [3.05, 3.63) is 28.2 Å². The molecule has 4 nitrogen and oxygen atoms in total. The fourth-order valence-electron chi connectivity index (χ4n) is 2.75. The van der Waals surface area contributed by atoms with Crippen LogP contribution in [0.15, 0.2) is 22.7 Å². The number of aromatic hydroxyl groups is 1. The standard InChI is InChI=1S/C16H23BrN2O2/c1-2-9-18-12-4-6-13(7-5-12)19-16(21)14-8-3-11(17)10-15(14)20/h3,8,10,12-13,18,20H,2,4-7,9H2,1H3,(H,19,21). The number of rotatable bonds is 5. The van der Waals surface area contributed by atoms with Gasteiger partial charge >= 0.3 is 0 Å². The zero-order chi connectivity index (χ0) is 15.2. The second-order valence-electron chi connectivity index (χ2n) is 5.64. The van der Waals surface area contributed by atoms with Crippen molar-refractivity contribution < 1.29 is 9.90 Å². The predicted octanol–water partition coefficient (Wildman–Crippen LogP) is 3.20. The van der Waals surface area contributed by atoms with Gasteiger partial charge in [-0.15, -0.1) is 0 Å². The van der Waals surface area contributed by atoms with Crippen LogP contribution in [0, 0.1) is 0 Å². The summed E-state index contributed by atoms with van der Waals surface area (Å²) in [6, 6.07) is 5.74. The number of halogens is 1. The Morgan fingerprint density at radius 1 is 1.29 bits per heavy atom. The number of carbonyl (C=O) groups excluding carboxylic acids is 1. The number of hydrogen-bond acceptors (Lipinski definition) is 3. The number of hydrogen-bond donors (Lipinski definition) is 3. The summed E-state index contributed by atoms with van der Waals surface area (Å²) < 4.78 is 0.763. The maximum atomic E-state index is 12.2. The summed E-state index contributed by atoms with van der Waals surface area (Å²) in [7, 11) is 0. The number of phenols is 1. The molecule has 0 saturated heterocycles. The minimum absolute atomic E-state index is 0.0140. The molecule has 1 fully saturated rings. The molecule has 1 aliphatic carbocycles. The molecule has 3 N–H and O–H groups in total. The molecule has 0 aliphatic heterocycles. The highest BCUT2D eigenvalue weighted by atomic mass is 79.9. The molecule has 1 amide bonds. The Bertz CT molecular complexity index is 485. The van der Waals surface area contributed by atoms with E-state index in [4.69, 9.17) is 0 Å². The van der Waals surface area contributed by atoms with Gasteiger partial charge in [-0.1, -0.05) is 22.9 Å². The summed E-state index contributed by atoms with van der Waals surface area (Å²) in [6.45, 7) is 3.23. The van der Waals surface area contributed by atoms with Crippen molar-refractivity contribution >= 4 is 21.8 Å². The highest BCUT2D eigenvalue weighted by Gasteiger charge is 2.23. The SMILES string of the molecule is CCCNC1CCC(NC(=O)c2ccc(Br)cc2O)CC1. The van der Waals surface area contributed by atoms with Crippen molar-refractivity contribution in [3.63, 3.8) is 0 Å². The first-order valence-electron chi connectivity index (χ1n) is 7.63. The fourth-order valence-corrected chi connectivity index (χ4v) is 3.10. The summed E-state index contributed by atoms with van der Waals surface area (Å²) in [5.74, 6) is -0.176. The molecule has 0 unspecified atom stereocenters. The number of nitrogens with one attached hydrogen (secondary N) is 2. The van der Waals surface area contributed by atoms with Gasteiger partial charge in [0.1, 0.15) is 5.75 Å². The maximum absolute atomic E-state index is 12.2. The molecule has 1 aromatic carbocycles. The average molecular weight is 355 g/mol. The van der Waals surface area contributed by atoms with Crippen molar-refractivity contribution in [2.24, 2.45) is 0 Å². The topological polar surface area (TPSA) is 61.4 Å². The molecule has 0 bridgehead atoms. The zero-order valence-electron chi connectivity index (χ0n) is 12.4. The van der Waals surface area contributed by atoms with Gasteiger partial charge in [0.15, 0.2) is 0 Å². The number of benzene rings is 1. The summed E-state index contributed by atoms with van der Waals surface area (Å²) in [5, 5.41) is 16.4. The highest BCUT2D eigenvalue weighted by molar-refractivity contribution is 9.10. The van der Waals surface area contributed by atoms with Gasteiger partial charge in [-0.2, -0.15) is 0 Å². The van der Waals surface area contributed by atoms with E-state index < -0.39 is 0 Å². The van der Waals surface area contributed by atoms with Crippen LogP contribution >= 0.6 is 15.9 Å². The predicted molar refractivity (Wildman–Crippen MR) is 87.6 cm³/mol. The summed E-state index contributed by atoms with van der Waals surface area (Å²) in [6.07, 6.45) is 5.32. The van der Waals surface area contributed by atoms with Crippen molar-refractivity contribution in [2.45, 2.75) is 51.1 Å². The number of phenolic OH excluding ortho intramolecular Hbond substituents is 1. The lowest BCUT2D eigenvalue weighted by Gasteiger charge is -2.29. The van der Waals surface area contributed by atoms with Gasteiger partial charge in [0, 0.05) is 16.6 Å². The van der Waals surface area contributed by atoms with Crippen LogP contribution in [-0.4, -0.2) is 29.6 Å². The minimum Gasteiger partial charge on any atom is -0.507 e. The molecular weight excluding hydrogens is 332 g/mol. The smallest absolute Gasteiger partial charge is 0.255 e. The monoisotopic (exact) mass is 354 g/mol. The van der Waals surface area contributed by atoms with Gasteiger partial charge in [-0.25, -0.2) is 0 Å². The van der Waals surface area contributed by atoms with Gasteiger partial charge in [-0.3, -0.25) is 4.79 Å². The lowest BCUT2D eigenvalue weighted by atomic mass is 9.91. The van der Waals surface area contributed by atoms with Crippen LogP contribution in [0.1, 0.15) is 49.4 Å². The van der Waals surface area contributed by atoms with Crippen molar-refractivity contribution in [3.8, 4) is 5.75 Å². The average Bonchev–Trinajstić information content (AvgIpc) is 2.46. The molecule has 1 saturated carbocycles. The Kier molecular flexibility index (Phi) is 6.06. The third-order valence-electron chi connectivity index (χ3n) is 3.95. The quantitative estimate of drug-likeness (QED) is 0.760. The molecule has 0 heterocycles. The zero-order valence-corrected chi connectivity index (χ0v) is 13.9. The van der Waals surface area contributed by atoms with E-state index >= 15 is 0 Å².